The third-order valence-corrected chi connectivity index (χ3v) is 9.62. The van der Waals surface area contributed by atoms with E-state index in [1.54, 1.807) is 0 Å². The van der Waals surface area contributed by atoms with Crippen molar-refractivity contribution in [2.24, 2.45) is 0 Å². The van der Waals surface area contributed by atoms with Gasteiger partial charge in [0.05, 0.1) is 16.7 Å². The Labute approximate surface area is 234 Å². The third-order valence-electron chi connectivity index (χ3n) is 7.26. The van der Waals surface area contributed by atoms with Gasteiger partial charge in [-0.15, -0.1) is 0 Å². The number of fused-ring (bicyclic) bond motifs is 1. The van der Waals surface area contributed by atoms with Crippen LogP contribution in [-0.2, 0) is 4.57 Å². The Morgan fingerprint density at radius 3 is 1.45 bits per heavy atom. The molecule has 0 aromatic heterocycles. The first kappa shape index (κ1) is 24.2. The fourth-order valence-corrected chi connectivity index (χ4v) is 7.52. The van der Waals surface area contributed by atoms with Crippen molar-refractivity contribution in [1.29, 1.82) is 0 Å². The highest BCUT2D eigenvalue weighted by Gasteiger charge is 2.44. The molecule has 6 aromatic carbocycles. The number of benzene rings is 6. The molecule has 4 heteroatoms. The Morgan fingerprint density at radius 1 is 0.450 bits per heavy atom. The van der Waals surface area contributed by atoms with E-state index in [1.807, 2.05) is 108 Å². The highest BCUT2D eigenvalue weighted by atomic mass is 31.2. The molecule has 0 aliphatic carbocycles. The van der Waals surface area contributed by atoms with E-state index in [1.165, 1.54) is 0 Å². The molecule has 7 rings (SSSR count). The molecule has 3 nitrogen and oxygen atoms in total. The van der Waals surface area contributed by atoms with Gasteiger partial charge in [0.25, 0.3) is 0 Å². The third kappa shape index (κ3) is 4.31. The monoisotopic (exact) mass is 535 g/mol. The second-order valence-corrected chi connectivity index (χ2v) is 11.9. The quantitative estimate of drug-likeness (QED) is 0.206. The molecule has 6 aromatic rings. The zero-order chi connectivity index (χ0) is 26.9. The van der Waals surface area contributed by atoms with Crippen LogP contribution in [-0.4, -0.2) is 0 Å². The Kier molecular flexibility index (Phi) is 6.07. The van der Waals surface area contributed by atoms with Crippen molar-refractivity contribution in [3.8, 4) is 39.1 Å². The van der Waals surface area contributed by atoms with Crippen LogP contribution < -0.4 is 14.5 Å². The molecule has 0 saturated heterocycles. The van der Waals surface area contributed by atoms with E-state index in [-0.39, 0.29) is 0 Å². The molecular formula is C36H26NO2P. The maximum absolute atomic E-state index is 15.1. The molecular weight excluding hydrogens is 509 g/mol. The highest BCUT2D eigenvalue weighted by molar-refractivity contribution is 7.69. The zero-order valence-electron chi connectivity index (χ0n) is 21.7. The average molecular weight is 536 g/mol. The fourth-order valence-electron chi connectivity index (χ4n) is 5.29. The number of nitrogens with zero attached hydrogens (tertiary/aromatic N) is 1. The lowest BCUT2D eigenvalue weighted by atomic mass is 9.98. The van der Waals surface area contributed by atoms with Crippen molar-refractivity contribution in [3.05, 3.63) is 158 Å². The maximum atomic E-state index is 15.1. The Bertz CT molecular complexity index is 1780. The minimum Gasteiger partial charge on any atom is -0.423 e. The van der Waals surface area contributed by atoms with E-state index in [0.717, 1.165) is 44.8 Å². The molecule has 0 radical (unpaired) electrons. The van der Waals surface area contributed by atoms with Gasteiger partial charge in [0.15, 0.2) is 5.75 Å². The molecule has 192 valence electrons. The summed E-state index contributed by atoms with van der Waals surface area (Å²) in [5, 5.41) is 0.648. The van der Waals surface area contributed by atoms with Gasteiger partial charge in [0, 0.05) is 0 Å². The molecule has 1 aliphatic rings. The molecule has 40 heavy (non-hydrogen) atoms. The van der Waals surface area contributed by atoms with Crippen molar-refractivity contribution in [3.63, 3.8) is 0 Å². The van der Waals surface area contributed by atoms with Gasteiger partial charge in [-0.1, -0.05) is 115 Å². The van der Waals surface area contributed by atoms with Crippen molar-refractivity contribution < 1.29 is 9.09 Å². The van der Waals surface area contributed by atoms with Crippen LogP contribution in [0.2, 0.25) is 0 Å². The SMILES string of the molecule is O=P1(c2ccc(-c3ccccc3)cc2)Oc2ccccc2N1c1cc(-c2ccccc2)cc(-c2ccccc2)c1. The minimum atomic E-state index is -3.54. The molecule has 0 saturated carbocycles. The van der Waals surface area contributed by atoms with Gasteiger partial charge in [0.2, 0.25) is 0 Å². The first-order valence-electron chi connectivity index (χ1n) is 13.3. The summed E-state index contributed by atoms with van der Waals surface area (Å²) in [6.07, 6.45) is 0. The van der Waals surface area contributed by atoms with Crippen LogP contribution in [0.4, 0.5) is 11.4 Å². The molecule has 0 N–H and O–H groups in total. The summed E-state index contributed by atoms with van der Waals surface area (Å²) in [5.74, 6) is 0.615. The average Bonchev–Trinajstić information content (AvgIpc) is 3.35. The Balaban J connectivity index is 1.40. The van der Waals surface area contributed by atoms with Crippen LogP contribution in [0.25, 0.3) is 33.4 Å². The van der Waals surface area contributed by atoms with Crippen molar-refractivity contribution in [2.75, 3.05) is 4.67 Å². The number of anilines is 2. The topological polar surface area (TPSA) is 29.5 Å². The molecule has 0 fully saturated rings. The van der Waals surface area contributed by atoms with Crippen LogP contribution in [0, 0.1) is 0 Å². The lowest BCUT2D eigenvalue weighted by molar-refractivity contribution is 0.505. The van der Waals surface area contributed by atoms with E-state index in [4.69, 9.17) is 4.52 Å². The van der Waals surface area contributed by atoms with Gasteiger partial charge in [-0.2, -0.15) is 0 Å². The number of hydrogen-bond donors (Lipinski definition) is 0. The van der Waals surface area contributed by atoms with E-state index >= 15 is 4.57 Å². The van der Waals surface area contributed by atoms with E-state index in [0.29, 0.717) is 11.1 Å². The second-order valence-electron chi connectivity index (χ2n) is 9.80. The molecule has 0 amide bonds. The number of hydrogen-bond acceptors (Lipinski definition) is 2. The summed E-state index contributed by atoms with van der Waals surface area (Å²) in [5.41, 5.74) is 8.08. The minimum absolute atomic E-state index is 0.615. The predicted octanol–water partition coefficient (Wildman–Crippen LogP) is 9.74. The number of rotatable bonds is 5. The van der Waals surface area contributed by atoms with Gasteiger partial charge >= 0.3 is 7.52 Å². The van der Waals surface area contributed by atoms with E-state index < -0.39 is 7.52 Å². The van der Waals surface area contributed by atoms with Crippen molar-refractivity contribution in [2.45, 2.75) is 0 Å². The summed E-state index contributed by atoms with van der Waals surface area (Å²) >= 11 is 0. The smallest absolute Gasteiger partial charge is 0.378 e. The molecule has 1 unspecified atom stereocenters. The van der Waals surface area contributed by atoms with Crippen LogP contribution in [0.15, 0.2) is 158 Å². The maximum Gasteiger partial charge on any atom is 0.378 e. The van der Waals surface area contributed by atoms with Gasteiger partial charge in [-0.05, 0) is 75.8 Å². The van der Waals surface area contributed by atoms with Crippen molar-refractivity contribution in [1.82, 2.24) is 0 Å². The van der Waals surface area contributed by atoms with Crippen LogP contribution in [0.3, 0.4) is 0 Å². The second kappa shape index (κ2) is 10.0. The molecule has 1 heterocycles. The molecule has 1 atom stereocenters. The molecule has 0 bridgehead atoms. The largest absolute Gasteiger partial charge is 0.423 e. The Morgan fingerprint density at radius 2 is 0.900 bits per heavy atom. The summed E-state index contributed by atoms with van der Waals surface area (Å²) < 4.78 is 23.3. The van der Waals surface area contributed by atoms with E-state index in [2.05, 4.69) is 54.6 Å². The lowest BCUT2D eigenvalue weighted by Gasteiger charge is -2.26. The summed E-state index contributed by atoms with van der Waals surface area (Å²) in [6.45, 7) is 0. The van der Waals surface area contributed by atoms with Gasteiger partial charge in [-0.25, -0.2) is 4.57 Å². The fraction of sp³-hybridized carbons (Fsp3) is 0. The highest BCUT2D eigenvalue weighted by Crippen LogP contribution is 2.64. The normalized spacial score (nSPS) is 15.8. The standard InChI is InChI=1S/C36H26NO2P/c38-40(34-22-20-30(21-23-34)27-12-4-1-5-13-27)37(35-18-10-11-19-36(35)39-40)33-25-31(28-14-6-2-7-15-28)24-32(26-33)29-16-8-3-9-17-29/h1-26H. The summed E-state index contributed by atoms with van der Waals surface area (Å²) in [7, 11) is -3.54. The summed E-state index contributed by atoms with van der Waals surface area (Å²) in [6, 6.07) is 52.8. The predicted molar refractivity (Wildman–Crippen MR) is 166 cm³/mol. The van der Waals surface area contributed by atoms with Crippen LogP contribution >= 0.6 is 7.52 Å². The van der Waals surface area contributed by atoms with Crippen LogP contribution in [0.1, 0.15) is 0 Å². The molecule has 1 aliphatic heterocycles. The Hall–Kier alpha value is -4.85. The first-order valence-corrected chi connectivity index (χ1v) is 14.9. The molecule has 0 spiro atoms. The van der Waals surface area contributed by atoms with Crippen molar-refractivity contribution >= 4 is 24.2 Å². The first-order chi connectivity index (χ1) is 19.7. The van der Waals surface area contributed by atoms with Crippen LogP contribution in [0.5, 0.6) is 5.75 Å². The number of para-hydroxylation sites is 2. The van der Waals surface area contributed by atoms with Gasteiger partial charge < -0.3 is 4.52 Å². The van der Waals surface area contributed by atoms with Gasteiger partial charge in [-0.3, -0.25) is 4.67 Å². The lowest BCUT2D eigenvalue weighted by Crippen LogP contribution is -2.20. The van der Waals surface area contributed by atoms with Gasteiger partial charge in [0.1, 0.15) is 0 Å². The summed E-state index contributed by atoms with van der Waals surface area (Å²) in [4.78, 5) is 0. The zero-order valence-corrected chi connectivity index (χ0v) is 22.6. The van der Waals surface area contributed by atoms with E-state index in [9.17, 15) is 0 Å².